The molecule has 1 aliphatic rings. The summed E-state index contributed by atoms with van der Waals surface area (Å²) in [5.41, 5.74) is 11.5. The molecule has 5 unspecified atom stereocenters. The van der Waals surface area contributed by atoms with Gasteiger partial charge in [0.25, 0.3) is 0 Å². The number of carboxylic acid groups (broad SMARTS) is 1. The maximum atomic E-state index is 13.9. The number of benzene rings is 1. The van der Waals surface area contributed by atoms with Crippen molar-refractivity contribution in [2.45, 2.75) is 109 Å². The lowest BCUT2D eigenvalue weighted by Gasteiger charge is -2.33. The summed E-state index contributed by atoms with van der Waals surface area (Å²) in [4.78, 5) is 126. The number of nitrogens with one attached hydrogen (secondary N) is 7. The fourth-order valence-electron chi connectivity index (χ4n) is 6.45. The van der Waals surface area contributed by atoms with Crippen LogP contribution < -0.4 is 48.7 Å². The first-order chi connectivity index (χ1) is 28.3. The second kappa shape index (κ2) is 25.2. The molecule has 9 amide bonds. The van der Waals surface area contributed by atoms with Gasteiger partial charge in [-0.3, -0.25) is 43.2 Å². The molecule has 60 heavy (non-hydrogen) atoms. The average Bonchev–Trinajstić information content (AvgIpc) is 3.18. The lowest BCUT2D eigenvalue weighted by atomic mass is 9.83. The van der Waals surface area contributed by atoms with Crippen LogP contribution in [-0.2, 0) is 54.4 Å². The molecular weight excluding hydrogens is 782 g/mol. The minimum atomic E-state index is -1.58. The highest BCUT2D eigenvalue weighted by Gasteiger charge is 2.36. The lowest BCUT2D eigenvalue weighted by molar-refractivity contribution is -0.141. The summed E-state index contributed by atoms with van der Waals surface area (Å²) in [5.74, 6) is -9.49. The first-order valence-electron chi connectivity index (χ1n) is 19.8. The van der Waals surface area contributed by atoms with Gasteiger partial charge in [0.1, 0.15) is 30.2 Å². The number of hydrogen-bond acceptors (Lipinski definition) is 10. The van der Waals surface area contributed by atoms with E-state index >= 15 is 0 Å². The van der Waals surface area contributed by atoms with Crippen LogP contribution >= 0.6 is 0 Å². The zero-order valence-corrected chi connectivity index (χ0v) is 34.4. The summed E-state index contributed by atoms with van der Waals surface area (Å²) in [6, 6.07) is 2.50. The minimum absolute atomic E-state index is 0.0129. The molecule has 20 nitrogen and oxygen atoms in total. The van der Waals surface area contributed by atoms with Crippen molar-refractivity contribution >= 4 is 59.1 Å². The summed E-state index contributed by atoms with van der Waals surface area (Å²) in [7, 11) is 0. The van der Waals surface area contributed by atoms with E-state index in [0.29, 0.717) is 18.4 Å². The summed E-state index contributed by atoms with van der Waals surface area (Å²) in [6.45, 7) is 5.88. The van der Waals surface area contributed by atoms with Gasteiger partial charge in [0, 0.05) is 18.6 Å². The number of amides is 9. The van der Waals surface area contributed by atoms with Crippen LogP contribution in [0.3, 0.4) is 0 Å². The number of rotatable bonds is 24. The molecule has 20 heteroatoms. The van der Waals surface area contributed by atoms with Crippen molar-refractivity contribution in [3.05, 3.63) is 48.0 Å². The SMILES string of the molecule is CC(C)CC(NC(=O)C(NC(=O)C(CC(N)=O)NC(=O)C=CC(=O)NCC(=O)NCC(=O)NC(Cc1ccccc1)C(=O)O)C1CCCCC1)C(=O)NC(C(N)=O)C(C)C. The van der Waals surface area contributed by atoms with E-state index in [9.17, 15) is 53.1 Å². The van der Waals surface area contributed by atoms with Crippen molar-refractivity contribution in [1.82, 2.24) is 37.2 Å². The van der Waals surface area contributed by atoms with E-state index in [2.05, 4.69) is 37.2 Å². The highest BCUT2D eigenvalue weighted by molar-refractivity contribution is 6.01. The van der Waals surface area contributed by atoms with Gasteiger partial charge in [-0.1, -0.05) is 77.3 Å². The largest absolute Gasteiger partial charge is 0.480 e. The predicted octanol–water partition coefficient (Wildman–Crippen LogP) is -1.83. The van der Waals surface area contributed by atoms with Gasteiger partial charge >= 0.3 is 5.97 Å². The van der Waals surface area contributed by atoms with Crippen molar-refractivity contribution < 1.29 is 53.1 Å². The summed E-state index contributed by atoms with van der Waals surface area (Å²) in [5, 5.41) is 26.5. The quantitative estimate of drug-likeness (QED) is 0.0516. The Hall–Kier alpha value is -6.34. The van der Waals surface area contributed by atoms with Gasteiger partial charge in [-0.2, -0.15) is 0 Å². The molecule has 0 aromatic heterocycles. The Labute approximate surface area is 348 Å². The molecule has 5 atom stereocenters. The normalized spacial score (nSPS) is 15.4. The van der Waals surface area contributed by atoms with Gasteiger partial charge in [-0.25, -0.2) is 4.79 Å². The minimum Gasteiger partial charge on any atom is -0.480 e. The Balaban J connectivity index is 2.04. The van der Waals surface area contributed by atoms with E-state index in [-0.39, 0.29) is 30.6 Å². The second-order valence-electron chi connectivity index (χ2n) is 15.4. The van der Waals surface area contributed by atoms with Crippen LogP contribution in [0.1, 0.15) is 78.2 Å². The van der Waals surface area contributed by atoms with Crippen LogP contribution in [0.25, 0.3) is 0 Å². The first-order valence-corrected chi connectivity index (χ1v) is 19.8. The molecule has 12 N–H and O–H groups in total. The molecule has 0 heterocycles. The topological polar surface area (TPSA) is 327 Å². The molecule has 0 bridgehead atoms. The number of nitrogens with two attached hydrogens (primary N) is 2. The second-order valence-corrected chi connectivity index (χ2v) is 15.4. The highest BCUT2D eigenvalue weighted by atomic mass is 16.4. The molecule has 1 fully saturated rings. The molecule has 0 saturated heterocycles. The smallest absolute Gasteiger partial charge is 0.326 e. The first kappa shape index (κ1) is 49.8. The van der Waals surface area contributed by atoms with Gasteiger partial charge in [0.2, 0.25) is 53.2 Å². The number of aliphatic carboxylic acids is 1. The van der Waals surface area contributed by atoms with Crippen molar-refractivity contribution in [1.29, 1.82) is 0 Å². The van der Waals surface area contributed by atoms with Crippen LogP contribution in [0.15, 0.2) is 42.5 Å². The van der Waals surface area contributed by atoms with Gasteiger partial charge in [-0.05, 0) is 42.6 Å². The Morgan fingerprint density at radius 2 is 1.28 bits per heavy atom. The van der Waals surface area contributed by atoms with Crippen molar-refractivity contribution in [2.24, 2.45) is 29.2 Å². The maximum Gasteiger partial charge on any atom is 0.326 e. The molecule has 1 aliphatic carbocycles. The van der Waals surface area contributed by atoms with Crippen molar-refractivity contribution in [2.75, 3.05) is 13.1 Å². The molecule has 1 aromatic carbocycles. The van der Waals surface area contributed by atoms with E-state index in [4.69, 9.17) is 11.5 Å². The van der Waals surface area contributed by atoms with E-state index < -0.39 is 109 Å². The number of carbonyl (C=O) groups excluding carboxylic acids is 9. The highest BCUT2D eigenvalue weighted by Crippen LogP contribution is 2.27. The Morgan fingerprint density at radius 3 is 1.85 bits per heavy atom. The van der Waals surface area contributed by atoms with E-state index in [1.807, 2.05) is 13.8 Å². The zero-order valence-electron chi connectivity index (χ0n) is 34.4. The van der Waals surface area contributed by atoms with Gasteiger partial charge in [0.15, 0.2) is 0 Å². The van der Waals surface area contributed by atoms with Gasteiger partial charge < -0.3 is 53.8 Å². The van der Waals surface area contributed by atoms with Crippen molar-refractivity contribution in [3.63, 3.8) is 0 Å². The number of carbonyl (C=O) groups is 10. The average molecular weight is 842 g/mol. The van der Waals surface area contributed by atoms with Crippen LogP contribution in [0.4, 0.5) is 0 Å². The molecule has 0 radical (unpaired) electrons. The lowest BCUT2D eigenvalue weighted by Crippen LogP contribution is -2.60. The zero-order chi connectivity index (χ0) is 44.9. The van der Waals surface area contributed by atoms with Crippen LogP contribution in [0.5, 0.6) is 0 Å². The fraction of sp³-hybridized carbons (Fsp3) is 0.550. The molecule has 0 spiro atoms. The Morgan fingerprint density at radius 1 is 0.683 bits per heavy atom. The van der Waals surface area contributed by atoms with Gasteiger partial charge in [-0.15, -0.1) is 0 Å². The summed E-state index contributed by atoms with van der Waals surface area (Å²) in [6.07, 6.45) is 4.58. The Bertz CT molecular complexity index is 1730. The summed E-state index contributed by atoms with van der Waals surface area (Å²) < 4.78 is 0. The maximum absolute atomic E-state index is 13.9. The Kier molecular flexibility index (Phi) is 20.9. The van der Waals surface area contributed by atoms with E-state index in [0.717, 1.165) is 31.4 Å². The van der Waals surface area contributed by atoms with Crippen LogP contribution in [0.2, 0.25) is 0 Å². The molecule has 330 valence electrons. The molecule has 0 aliphatic heterocycles. The fourth-order valence-corrected chi connectivity index (χ4v) is 6.45. The van der Waals surface area contributed by atoms with E-state index in [1.165, 1.54) is 0 Å². The van der Waals surface area contributed by atoms with Crippen LogP contribution in [0, 0.1) is 17.8 Å². The number of carboxylic acids is 1. The molecule has 1 saturated carbocycles. The third kappa shape index (κ3) is 18.5. The summed E-state index contributed by atoms with van der Waals surface area (Å²) >= 11 is 0. The predicted molar refractivity (Wildman–Crippen MR) is 216 cm³/mol. The standard InChI is InChI=1S/C40H59N9O11/c1-22(2)17-26(37(56)48-34(23(3)4)36(42)55)47-39(58)35(25-13-9-6-10-14-25)49-38(57)27(19-29(41)50)45-31(52)16-15-30(51)43-20-32(53)44-21-33(54)46-28(40(59)60)18-24-11-7-5-8-12-24/h5,7-8,11-12,15-16,22-23,25-28,34-35H,6,9-10,13-14,17-21H2,1-4H3,(H2,41,50)(H2,42,55)(H,43,51)(H,44,53)(H,45,52)(H,46,54)(H,47,58)(H,48,56)(H,49,57)(H,59,60). The third-order valence-electron chi connectivity index (χ3n) is 9.52. The van der Waals surface area contributed by atoms with E-state index in [1.54, 1.807) is 44.2 Å². The third-order valence-corrected chi connectivity index (χ3v) is 9.52. The molecular formula is C40H59N9O11. The van der Waals surface area contributed by atoms with Crippen molar-refractivity contribution in [3.8, 4) is 0 Å². The monoisotopic (exact) mass is 841 g/mol. The number of primary amides is 2. The molecule has 2 rings (SSSR count). The number of hydrogen-bond donors (Lipinski definition) is 10. The molecule has 1 aromatic rings. The van der Waals surface area contributed by atoms with Gasteiger partial charge in [0.05, 0.1) is 19.5 Å². The van der Waals surface area contributed by atoms with Crippen LogP contribution in [-0.4, -0.2) is 108 Å².